The minimum absolute atomic E-state index is 1.74. The zero-order valence-electron chi connectivity index (χ0n) is 5.01. The van der Waals surface area contributed by atoms with Gasteiger partial charge in [-0.1, -0.05) is 6.08 Å². The predicted octanol–water partition coefficient (Wildman–Crippen LogP) is 2.14. The van der Waals surface area contributed by atoms with E-state index in [-0.39, 0.29) is 0 Å². The molecule has 0 aliphatic heterocycles. The Bertz CT molecular complexity index is 109. The highest BCUT2D eigenvalue weighted by Crippen LogP contribution is 2.36. The van der Waals surface area contributed by atoms with Crippen LogP contribution in [0.4, 0.5) is 0 Å². The summed E-state index contributed by atoms with van der Waals surface area (Å²) in [5, 5.41) is 0. The van der Waals surface area contributed by atoms with E-state index in [9.17, 15) is 4.57 Å². The van der Waals surface area contributed by atoms with Crippen molar-refractivity contribution in [2.45, 2.75) is 6.92 Å². The second-order valence-electron chi connectivity index (χ2n) is 1.92. The summed E-state index contributed by atoms with van der Waals surface area (Å²) in [7, 11) is -1.85. The molecule has 0 aliphatic carbocycles. The van der Waals surface area contributed by atoms with E-state index in [1.54, 1.807) is 19.1 Å². The molecular formula is C5H11OP. The smallest absolute Gasteiger partial charge is 0.102 e. The van der Waals surface area contributed by atoms with Gasteiger partial charge in [0.15, 0.2) is 0 Å². The molecular weight excluding hydrogens is 107 g/mol. The molecule has 0 N–H and O–H groups in total. The van der Waals surface area contributed by atoms with Crippen LogP contribution in [-0.2, 0) is 4.57 Å². The van der Waals surface area contributed by atoms with E-state index in [0.717, 1.165) is 0 Å². The zero-order chi connectivity index (χ0) is 5.91. The highest BCUT2D eigenvalue weighted by atomic mass is 31.2. The van der Waals surface area contributed by atoms with Crippen molar-refractivity contribution in [3.05, 3.63) is 11.9 Å². The third-order valence-corrected chi connectivity index (χ3v) is 1.52. The summed E-state index contributed by atoms with van der Waals surface area (Å²) >= 11 is 0. The third kappa shape index (κ3) is 5.97. The summed E-state index contributed by atoms with van der Waals surface area (Å²) < 4.78 is 10.7. The molecule has 0 unspecified atom stereocenters. The SMILES string of the molecule is CC=CP(C)(C)=O. The summed E-state index contributed by atoms with van der Waals surface area (Å²) in [6.07, 6.45) is 1.82. The molecule has 0 spiro atoms. The molecule has 42 valence electrons. The Kier molecular flexibility index (Phi) is 2.31. The standard InChI is InChI=1S/C5H11OP/c1-4-5-7(2,3)6/h4-5H,1-3H3. The fourth-order valence-electron chi connectivity index (χ4n) is 0.359. The van der Waals surface area contributed by atoms with E-state index >= 15 is 0 Å². The van der Waals surface area contributed by atoms with Crippen molar-refractivity contribution in [3.8, 4) is 0 Å². The van der Waals surface area contributed by atoms with Gasteiger partial charge in [0.2, 0.25) is 0 Å². The van der Waals surface area contributed by atoms with Crippen LogP contribution >= 0.6 is 7.14 Å². The maximum Gasteiger partial charge on any atom is 0.102 e. The summed E-state index contributed by atoms with van der Waals surface area (Å²) in [4.78, 5) is 0. The van der Waals surface area contributed by atoms with Gasteiger partial charge in [-0.2, -0.15) is 0 Å². The van der Waals surface area contributed by atoms with Crippen molar-refractivity contribution < 1.29 is 4.57 Å². The maximum absolute atomic E-state index is 10.7. The summed E-state index contributed by atoms with van der Waals surface area (Å²) in [5.74, 6) is 1.74. The second kappa shape index (κ2) is 2.32. The van der Waals surface area contributed by atoms with Crippen molar-refractivity contribution in [1.82, 2.24) is 0 Å². The Morgan fingerprint density at radius 1 is 1.43 bits per heavy atom. The van der Waals surface area contributed by atoms with Gasteiger partial charge >= 0.3 is 0 Å². The first-order chi connectivity index (χ1) is 3.06. The van der Waals surface area contributed by atoms with Gasteiger partial charge in [0.05, 0.1) is 0 Å². The maximum atomic E-state index is 10.7. The Hall–Kier alpha value is -0.0300. The molecule has 2 heteroatoms. The number of hydrogen-bond donors (Lipinski definition) is 0. The average Bonchev–Trinajstić information content (AvgIpc) is 1.30. The number of rotatable bonds is 1. The van der Waals surface area contributed by atoms with Gasteiger partial charge in [0, 0.05) is 0 Å². The molecule has 0 heterocycles. The molecule has 1 nitrogen and oxygen atoms in total. The highest BCUT2D eigenvalue weighted by molar-refractivity contribution is 7.65. The molecule has 0 fully saturated rings. The Morgan fingerprint density at radius 2 is 1.86 bits per heavy atom. The normalized spacial score (nSPS) is 13.0. The van der Waals surface area contributed by atoms with Gasteiger partial charge in [-0.05, 0) is 26.1 Å². The molecule has 0 aromatic rings. The van der Waals surface area contributed by atoms with Gasteiger partial charge < -0.3 is 4.57 Å². The zero-order valence-corrected chi connectivity index (χ0v) is 5.90. The van der Waals surface area contributed by atoms with Crippen molar-refractivity contribution >= 4 is 7.14 Å². The van der Waals surface area contributed by atoms with E-state index in [4.69, 9.17) is 0 Å². The summed E-state index contributed by atoms with van der Waals surface area (Å²) in [6.45, 7) is 5.36. The second-order valence-corrected chi connectivity index (χ2v) is 5.08. The van der Waals surface area contributed by atoms with Gasteiger partial charge in [-0.25, -0.2) is 0 Å². The van der Waals surface area contributed by atoms with Gasteiger partial charge in [-0.15, -0.1) is 0 Å². The largest absolute Gasteiger partial charge is 0.320 e. The minimum atomic E-state index is -1.85. The van der Waals surface area contributed by atoms with Crippen molar-refractivity contribution in [3.63, 3.8) is 0 Å². The monoisotopic (exact) mass is 118 g/mol. The van der Waals surface area contributed by atoms with E-state index < -0.39 is 7.14 Å². The lowest BCUT2D eigenvalue weighted by Crippen LogP contribution is -1.62. The van der Waals surface area contributed by atoms with Gasteiger partial charge in [0.1, 0.15) is 7.14 Å². The molecule has 0 amide bonds. The first-order valence-electron chi connectivity index (χ1n) is 2.25. The van der Waals surface area contributed by atoms with Crippen LogP contribution in [0.2, 0.25) is 0 Å². The lowest BCUT2D eigenvalue weighted by atomic mass is 10.8. The molecule has 0 radical (unpaired) electrons. The Morgan fingerprint density at radius 3 is 1.86 bits per heavy atom. The molecule has 0 saturated carbocycles. The van der Waals surface area contributed by atoms with E-state index in [1.165, 1.54) is 0 Å². The predicted molar refractivity (Wildman–Crippen MR) is 34.3 cm³/mol. The molecule has 0 saturated heterocycles. The van der Waals surface area contributed by atoms with Crippen molar-refractivity contribution in [2.24, 2.45) is 0 Å². The van der Waals surface area contributed by atoms with Crippen LogP contribution in [0.1, 0.15) is 6.92 Å². The molecule has 0 aromatic carbocycles. The minimum Gasteiger partial charge on any atom is -0.320 e. The first-order valence-corrected chi connectivity index (χ1v) is 4.92. The fraction of sp³-hybridized carbons (Fsp3) is 0.600. The lowest BCUT2D eigenvalue weighted by molar-refractivity contribution is 0.588. The molecule has 7 heavy (non-hydrogen) atoms. The van der Waals surface area contributed by atoms with Gasteiger partial charge in [-0.3, -0.25) is 0 Å². The van der Waals surface area contributed by atoms with Crippen LogP contribution in [0.3, 0.4) is 0 Å². The fourth-order valence-corrected chi connectivity index (χ4v) is 1.08. The Balaban J connectivity index is 3.82. The van der Waals surface area contributed by atoms with E-state index in [1.807, 2.05) is 13.0 Å². The van der Waals surface area contributed by atoms with Crippen molar-refractivity contribution in [1.29, 1.82) is 0 Å². The quantitative estimate of drug-likeness (QED) is 0.482. The summed E-state index contributed by atoms with van der Waals surface area (Å²) in [5.41, 5.74) is 0. The Labute approximate surface area is 44.8 Å². The summed E-state index contributed by atoms with van der Waals surface area (Å²) in [6, 6.07) is 0. The van der Waals surface area contributed by atoms with Crippen LogP contribution in [0.5, 0.6) is 0 Å². The van der Waals surface area contributed by atoms with Gasteiger partial charge in [0.25, 0.3) is 0 Å². The molecule has 0 rings (SSSR count). The molecule has 0 atom stereocenters. The van der Waals surface area contributed by atoms with Crippen LogP contribution in [0.15, 0.2) is 11.9 Å². The van der Waals surface area contributed by atoms with Crippen LogP contribution in [-0.4, -0.2) is 13.3 Å². The van der Waals surface area contributed by atoms with Crippen LogP contribution in [0.25, 0.3) is 0 Å². The molecule has 0 bridgehead atoms. The van der Waals surface area contributed by atoms with E-state index in [2.05, 4.69) is 0 Å². The number of hydrogen-bond acceptors (Lipinski definition) is 1. The highest BCUT2D eigenvalue weighted by Gasteiger charge is 1.95. The average molecular weight is 118 g/mol. The van der Waals surface area contributed by atoms with E-state index in [0.29, 0.717) is 0 Å². The third-order valence-electron chi connectivity index (χ3n) is 0.508. The lowest BCUT2D eigenvalue weighted by Gasteiger charge is -1.92. The van der Waals surface area contributed by atoms with Crippen LogP contribution < -0.4 is 0 Å². The number of allylic oxidation sites excluding steroid dienone is 1. The molecule has 0 aliphatic rings. The van der Waals surface area contributed by atoms with Crippen LogP contribution in [0, 0.1) is 0 Å². The van der Waals surface area contributed by atoms with Crippen molar-refractivity contribution in [2.75, 3.05) is 13.3 Å². The molecule has 0 aromatic heterocycles. The first kappa shape index (κ1) is 6.97. The topological polar surface area (TPSA) is 17.1 Å².